The third-order valence-electron chi connectivity index (χ3n) is 5.71. The average Bonchev–Trinajstić information content (AvgIpc) is 2.91. The van der Waals surface area contributed by atoms with Gasteiger partial charge in [0.1, 0.15) is 15.9 Å². The number of ether oxygens (including phenoxy) is 2. The van der Waals surface area contributed by atoms with Gasteiger partial charge >= 0.3 is 0 Å². The fourth-order valence-electron chi connectivity index (χ4n) is 3.86. The summed E-state index contributed by atoms with van der Waals surface area (Å²) >= 11 is 0. The van der Waals surface area contributed by atoms with Gasteiger partial charge in [0.2, 0.25) is 0 Å². The van der Waals surface area contributed by atoms with Crippen LogP contribution in [0.1, 0.15) is 24.8 Å². The van der Waals surface area contributed by atoms with Crippen molar-refractivity contribution in [3.63, 3.8) is 0 Å². The predicted octanol–water partition coefficient (Wildman–Crippen LogP) is 6.59. The largest absolute Gasteiger partial charge is 0.744 e. The molecule has 1 fully saturated rings. The predicted molar refractivity (Wildman–Crippen MR) is 145 cm³/mol. The molecule has 37 heavy (non-hydrogen) atoms. The maximum absolute atomic E-state index is 10.4. The summed E-state index contributed by atoms with van der Waals surface area (Å²) in [7, 11) is -4.42. The van der Waals surface area contributed by atoms with Gasteiger partial charge in [-0.2, -0.15) is 0 Å². The highest BCUT2D eigenvalue weighted by Crippen LogP contribution is 2.33. The molecule has 0 aliphatic carbocycles. The van der Waals surface area contributed by atoms with Crippen LogP contribution in [0.25, 0.3) is 0 Å². The zero-order chi connectivity index (χ0) is 26.1. The van der Waals surface area contributed by atoms with Gasteiger partial charge < -0.3 is 14.0 Å². The summed E-state index contributed by atoms with van der Waals surface area (Å²) < 4.78 is 43.0. The van der Waals surface area contributed by atoms with E-state index in [9.17, 15) is 13.0 Å². The zero-order valence-corrected chi connectivity index (χ0v) is 22.3. The quantitative estimate of drug-likeness (QED) is 0.206. The number of benzene rings is 4. The molecule has 1 aliphatic heterocycles. The Labute approximate surface area is 222 Å². The lowest BCUT2D eigenvalue weighted by Gasteiger charge is -2.23. The van der Waals surface area contributed by atoms with Crippen molar-refractivity contribution >= 4 is 21.0 Å². The molecule has 1 saturated heterocycles. The van der Waals surface area contributed by atoms with Crippen LogP contribution in [0.4, 0.5) is 0 Å². The van der Waals surface area contributed by atoms with E-state index in [-0.39, 0.29) is 22.1 Å². The molecule has 0 N–H and O–H groups in total. The Morgan fingerprint density at radius 1 is 0.784 bits per heavy atom. The molecule has 7 heteroatoms. The third kappa shape index (κ3) is 7.94. The fraction of sp³-hybridized carbons (Fsp3) is 0.200. The fourth-order valence-corrected chi connectivity index (χ4v) is 6.45. The summed E-state index contributed by atoms with van der Waals surface area (Å²) in [6.45, 7) is 2.62. The van der Waals surface area contributed by atoms with Crippen LogP contribution in [0.2, 0.25) is 0 Å². The minimum Gasteiger partial charge on any atom is -0.744 e. The Hall–Kier alpha value is -3.10. The molecule has 1 aliphatic rings. The van der Waals surface area contributed by atoms with Crippen molar-refractivity contribution in [2.24, 2.45) is 0 Å². The van der Waals surface area contributed by atoms with Gasteiger partial charge in [0.15, 0.2) is 21.0 Å². The smallest absolute Gasteiger partial charge is 0.199 e. The van der Waals surface area contributed by atoms with Gasteiger partial charge in [-0.3, -0.25) is 0 Å². The molecule has 5 rings (SSSR count). The average molecular weight is 535 g/mol. The minimum absolute atomic E-state index is 0.116. The van der Waals surface area contributed by atoms with Crippen LogP contribution in [-0.2, 0) is 25.7 Å². The minimum atomic E-state index is -4.27. The van der Waals surface area contributed by atoms with Crippen molar-refractivity contribution < 1.29 is 22.4 Å². The van der Waals surface area contributed by atoms with Crippen molar-refractivity contribution in [3.8, 4) is 5.75 Å². The first-order chi connectivity index (χ1) is 17.9. The maximum Gasteiger partial charge on any atom is 0.199 e. The van der Waals surface area contributed by atoms with E-state index in [2.05, 4.69) is 78.9 Å². The van der Waals surface area contributed by atoms with Crippen LogP contribution in [0, 0.1) is 6.92 Å². The number of hydrogen-bond donors (Lipinski definition) is 0. The van der Waals surface area contributed by atoms with Crippen molar-refractivity contribution in [3.05, 3.63) is 115 Å². The Morgan fingerprint density at radius 3 is 1.92 bits per heavy atom. The first kappa shape index (κ1) is 26.9. The molecular weight excluding hydrogens is 504 g/mol. The van der Waals surface area contributed by atoms with Crippen LogP contribution in [-0.4, -0.2) is 25.9 Å². The third-order valence-corrected chi connectivity index (χ3v) is 8.78. The number of rotatable bonds is 6. The van der Waals surface area contributed by atoms with Crippen molar-refractivity contribution in [2.75, 3.05) is 6.61 Å². The SMILES string of the molecule is Cc1ccc(S(=O)(=O)[O-])cc1.c1ccc([S+](c2ccccc2)c2cccc(OC3CCCCO3)c2)cc1. The normalized spacial score (nSPS) is 15.5. The Balaban J connectivity index is 0.000000245. The van der Waals surface area contributed by atoms with Gasteiger partial charge in [-0.25, -0.2) is 8.42 Å². The van der Waals surface area contributed by atoms with E-state index in [4.69, 9.17) is 9.47 Å². The second-order valence-corrected chi connectivity index (χ2v) is 12.0. The number of hydrogen-bond acceptors (Lipinski definition) is 5. The van der Waals surface area contributed by atoms with E-state index < -0.39 is 10.1 Å². The number of aryl methyl sites for hydroxylation is 1. The standard InChI is InChI=1S/C23H23O2S.C7H8O3S/c1-3-11-20(12-4-1)26(21-13-5-2-6-14-21)22-15-9-10-19(18-22)25-23-16-7-8-17-24-23;1-6-2-4-7(5-3-6)11(8,9)10/h1-6,9-15,18,23H,7-8,16-17H2;2-5H,1H3,(H,8,9,10)/q+1;/p-1. The molecule has 1 unspecified atom stereocenters. The molecule has 0 aromatic heterocycles. The zero-order valence-electron chi connectivity index (χ0n) is 20.7. The van der Waals surface area contributed by atoms with Crippen molar-refractivity contribution in [1.29, 1.82) is 0 Å². The van der Waals surface area contributed by atoms with E-state index in [0.29, 0.717) is 0 Å². The highest BCUT2D eigenvalue weighted by Gasteiger charge is 2.29. The summed E-state index contributed by atoms with van der Waals surface area (Å²) in [6.07, 6.45) is 3.15. The van der Waals surface area contributed by atoms with Gasteiger partial charge in [-0.1, -0.05) is 60.2 Å². The molecule has 4 aromatic rings. The van der Waals surface area contributed by atoms with Crippen LogP contribution < -0.4 is 4.74 Å². The highest BCUT2D eigenvalue weighted by atomic mass is 32.2. The monoisotopic (exact) mass is 534 g/mol. The van der Waals surface area contributed by atoms with Crippen LogP contribution >= 0.6 is 0 Å². The van der Waals surface area contributed by atoms with Gasteiger partial charge in [0.25, 0.3) is 0 Å². The molecule has 0 radical (unpaired) electrons. The van der Waals surface area contributed by atoms with E-state index >= 15 is 0 Å². The second-order valence-electron chi connectivity index (χ2n) is 8.59. The van der Waals surface area contributed by atoms with Gasteiger partial charge in [-0.15, -0.1) is 0 Å². The molecule has 0 bridgehead atoms. The van der Waals surface area contributed by atoms with Crippen LogP contribution in [0.5, 0.6) is 5.75 Å². The van der Waals surface area contributed by atoms with Crippen LogP contribution in [0.15, 0.2) is 129 Å². The van der Waals surface area contributed by atoms with Gasteiger partial charge in [0, 0.05) is 12.5 Å². The molecule has 1 atom stereocenters. The van der Waals surface area contributed by atoms with E-state index in [1.54, 1.807) is 12.1 Å². The summed E-state index contributed by atoms with van der Waals surface area (Å²) in [6, 6.07) is 35.6. The Morgan fingerprint density at radius 2 is 1.38 bits per heavy atom. The van der Waals surface area contributed by atoms with E-state index in [0.717, 1.165) is 30.8 Å². The first-order valence-electron chi connectivity index (χ1n) is 12.2. The van der Waals surface area contributed by atoms with Gasteiger partial charge in [-0.05, 0) is 68.3 Å². The van der Waals surface area contributed by atoms with Crippen LogP contribution in [0.3, 0.4) is 0 Å². The highest BCUT2D eigenvalue weighted by molar-refractivity contribution is 7.97. The molecule has 1 heterocycles. The van der Waals surface area contributed by atoms with E-state index in [1.807, 2.05) is 13.0 Å². The summed E-state index contributed by atoms with van der Waals surface area (Å²) in [4.78, 5) is 3.70. The lowest BCUT2D eigenvalue weighted by Crippen LogP contribution is -2.25. The van der Waals surface area contributed by atoms with Crippen molar-refractivity contribution in [1.82, 2.24) is 0 Å². The second kappa shape index (κ2) is 12.9. The molecule has 0 spiro atoms. The molecule has 0 amide bonds. The first-order valence-corrected chi connectivity index (χ1v) is 14.8. The Kier molecular flexibility index (Phi) is 9.41. The topological polar surface area (TPSA) is 75.7 Å². The summed E-state index contributed by atoms with van der Waals surface area (Å²) in [5, 5.41) is 0. The molecule has 192 valence electrons. The summed E-state index contributed by atoms with van der Waals surface area (Å²) in [5.74, 6) is 0.888. The molecule has 5 nitrogen and oxygen atoms in total. The van der Waals surface area contributed by atoms with Gasteiger partial charge in [0.05, 0.1) is 22.4 Å². The maximum atomic E-state index is 10.4. The Bertz CT molecular complexity index is 1310. The van der Waals surface area contributed by atoms with Crippen molar-refractivity contribution in [2.45, 2.75) is 52.1 Å². The summed E-state index contributed by atoms with van der Waals surface area (Å²) in [5.41, 5.74) is 0.928. The van der Waals surface area contributed by atoms with E-state index in [1.165, 1.54) is 33.2 Å². The molecular formula is C30H30O5S2. The lowest BCUT2D eigenvalue weighted by molar-refractivity contribution is -0.106. The lowest BCUT2D eigenvalue weighted by atomic mass is 10.2. The molecule has 0 saturated carbocycles. The molecule has 4 aromatic carbocycles.